The summed E-state index contributed by atoms with van der Waals surface area (Å²) < 4.78 is 1.87. The van der Waals surface area contributed by atoms with Gasteiger partial charge in [-0.25, -0.2) is 0 Å². The lowest BCUT2D eigenvalue weighted by molar-refractivity contribution is -0.117. The fourth-order valence-electron chi connectivity index (χ4n) is 3.88. The molecule has 0 radical (unpaired) electrons. The Morgan fingerprint density at radius 3 is 2.68 bits per heavy atom. The van der Waals surface area contributed by atoms with E-state index in [1.807, 2.05) is 49.7 Å². The van der Waals surface area contributed by atoms with Crippen LogP contribution in [0.3, 0.4) is 0 Å². The Bertz CT molecular complexity index is 1120. The van der Waals surface area contributed by atoms with Gasteiger partial charge >= 0.3 is 0 Å². The van der Waals surface area contributed by atoms with E-state index in [0.29, 0.717) is 35.1 Å². The number of hydrogen-bond acceptors (Lipinski definition) is 2. The Labute approximate surface area is 168 Å². The molecule has 1 aromatic heterocycles. The third-order valence-corrected chi connectivity index (χ3v) is 5.81. The van der Waals surface area contributed by atoms with Gasteiger partial charge in [-0.3, -0.25) is 9.59 Å². The number of rotatable bonds is 3. The lowest BCUT2D eigenvalue weighted by Gasteiger charge is -2.18. The molecular weight excluding hydrogens is 374 g/mol. The average molecular weight is 396 g/mol. The predicted octanol–water partition coefficient (Wildman–Crippen LogP) is 4.83. The number of anilines is 2. The summed E-state index contributed by atoms with van der Waals surface area (Å²) in [5.41, 5.74) is 4.66. The van der Waals surface area contributed by atoms with E-state index in [-0.39, 0.29) is 11.8 Å². The average Bonchev–Trinajstić information content (AvgIpc) is 3.19. The zero-order valence-electron chi connectivity index (χ0n) is 16.2. The molecule has 144 valence electrons. The Balaban J connectivity index is 1.88. The summed E-state index contributed by atoms with van der Waals surface area (Å²) in [5.74, 6) is -0.196. The molecule has 5 nitrogen and oxygen atoms in total. The fraction of sp³-hybridized carbons (Fsp3) is 0.273. The summed E-state index contributed by atoms with van der Waals surface area (Å²) in [6, 6.07) is 11.5. The number of nitrogens with zero attached hydrogens (tertiary/aromatic N) is 2. The summed E-state index contributed by atoms with van der Waals surface area (Å²) in [6.07, 6.45) is 1.31. The SMILES string of the molecule is Cc1ccc2c(c1)c(N1CCCC1=O)c(C(=O)Nc1cccc(Cl)c1C)n2C. The van der Waals surface area contributed by atoms with Crippen molar-refractivity contribution in [3.8, 4) is 0 Å². The number of benzene rings is 2. The smallest absolute Gasteiger partial charge is 0.274 e. The molecule has 0 saturated carbocycles. The molecule has 1 fully saturated rings. The molecule has 0 atom stereocenters. The van der Waals surface area contributed by atoms with Gasteiger partial charge in [0, 0.05) is 36.1 Å². The topological polar surface area (TPSA) is 54.3 Å². The predicted molar refractivity (Wildman–Crippen MR) is 113 cm³/mol. The van der Waals surface area contributed by atoms with Gasteiger partial charge in [0.2, 0.25) is 5.91 Å². The van der Waals surface area contributed by atoms with E-state index in [0.717, 1.165) is 28.5 Å². The van der Waals surface area contributed by atoms with Gasteiger partial charge in [-0.15, -0.1) is 0 Å². The molecular formula is C22H22ClN3O2. The highest BCUT2D eigenvalue weighted by molar-refractivity contribution is 6.32. The normalized spacial score (nSPS) is 14.1. The van der Waals surface area contributed by atoms with Crippen molar-refractivity contribution in [2.24, 2.45) is 7.05 Å². The van der Waals surface area contributed by atoms with Crippen molar-refractivity contribution >= 4 is 45.7 Å². The van der Waals surface area contributed by atoms with Gasteiger partial charge in [0.05, 0.1) is 11.2 Å². The van der Waals surface area contributed by atoms with Gasteiger partial charge in [0.15, 0.2) is 0 Å². The summed E-state index contributed by atoms with van der Waals surface area (Å²) in [6.45, 7) is 4.51. The minimum absolute atomic E-state index is 0.0574. The van der Waals surface area contributed by atoms with Crippen LogP contribution in [0.15, 0.2) is 36.4 Å². The number of aromatic nitrogens is 1. The number of amides is 2. The van der Waals surface area contributed by atoms with E-state index in [1.54, 1.807) is 17.0 Å². The maximum absolute atomic E-state index is 13.3. The molecule has 2 amide bonds. The number of fused-ring (bicyclic) bond motifs is 1. The zero-order valence-corrected chi connectivity index (χ0v) is 16.9. The van der Waals surface area contributed by atoms with Crippen molar-refractivity contribution < 1.29 is 9.59 Å². The molecule has 2 aromatic carbocycles. The summed E-state index contributed by atoms with van der Waals surface area (Å²) in [4.78, 5) is 27.6. The standard InChI is InChI=1S/C22H22ClN3O2/c1-13-9-10-18-15(12-13)20(26-11-5-8-19(26)27)21(25(18)3)22(28)24-17-7-4-6-16(23)14(17)2/h4,6-7,9-10,12H,5,8,11H2,1-3H3,(H,24,28). The van der Waals surface area contributed by atoms with Crippen molar-refractivity contribution in [1.82, 2.24) is 4.57 Å². The van der Waals surface area contributed by atoms with Crippen LogP contribution in [-0.2, 0) is 11.8 Å². The molecule has 2 heterocycles. The molecule has 4 rings (SSSR count). The number of hydrogen-bond donors (Lipinski definition) is 1. The maximum atomic E-state index is 13.3. The quantitative estimate of drug-likeness (QED) is 0.690. The van der Waals surface area contributed by atoms with Crippen molar-refractivity contribution in [1.29, 1.82) is 0 Å². The third kappa shape index (κ3) is 2.96. The zero-order chi connectivity index (χ0) is 20.0. The van der Waals surface area contributed by atoms with Crippen molar-refractivity contribution in [2.75, 3.05) is 16.8 Å². The minimum atomic E-state index is -0.253. The number of nitrogens with one attached hydrogen (secondary N) is 1. The molecule has 1 N–H and O–H groups in total. The number of halogens is 1. The van der Waals surface area contributed by atoms with Crippen LogP contribution in [0, 0.1) is 13.8 Å². The van der Waals surface area contributed by atoms with Crippen LogP contribution < -0.4 is 10.2 Å². The fourth-order valence-corrected chi connectivity index (χ4v) is 4.06. The number of carbonyl (C=O) groups excluding carboxylic acids is 2. The van der Waals surface area contributed by atoms with Crippen LogP contribution in [0.5, 0.6) is 0 Å². The monoisotopic (exact) mass is 395 g/mol. The number of carbonyl (C=O) groups is 2. The first-order chi connectivity index (χ1) is 13.4. The molecule has 0 spiro atoms. The Hall–Kier alpha value is -2.79. The van der Waals surface area contributed by atoms with Gasteiger partial charge < -0.3 is 14.8 Å². The largest absolute Gasteiger partial charge is 0.338 e. The van der Waals surface area contributed by atoms with Crippen LogP contribution in [0.2, 0.25) is 5.02 Å². The number of aryl methyl sites for hydroxylation is 2. The highest BCUT2D eigenvalue weighted by Gasteiger charge is 2.31. The van der Waals surface area contributed by atoms with Crippen molar-refractivity contribution in [2.45, 2.75) is 26.7 Å². The second-order valence-corrected chi connectivity index (χ2v) is 7.70. The van der Waals surface area contributed by atoms with E-state index in [9.17, 15) is 9.59 Å². The summed E-state index contributed by atoms with van der Waals surface area (Å²) >= 11 is 6.20. The van der Waals surface area contributed by atoms with Crippen molar-refractivity contribution in [3.63, 3.8) is 0 Å². The third-order valence-electron chi connectivity index (χ3n) is 5.40. The molecule has 1 saturated heterocycles. The van der Waals surface area contributed by atoms with Crippen LogP contribution in [-0.4, -0.2) is 22.9 Å². The van der Waals surface area contributed by atoms with E-state index >= 15 is 0 Å². The van der Waals surface area contributed by atoms with Gasteiger partial charge in [-0.2, -0.15) is 0 Å². The maximum Gasteiger partial charge on any atom is 0.274 e. The summed E-state index contributed by atoms with van der Waals surface area (Å²) in [5, 5.41) is 4.50. The van der Waals surface area contributed by atoms with Crippen LogP contribution >= 0.6 is 11.6 Å². The lowest BCUT2D eigenvalue weighted by atomic mass is 10.1. The van der Waals surface area contributed by atoms with Gasteiger partial charge in [-0.1, -0.05) is 29.3 Å². The molecule has 0 bridgehead atoms. The lowest BCUT2D eigenvalue weighted by Crippen LogP contribution is -2.27. The molecule has 1 aliphatic rings. The Kier molecular flexibility index (Phi) is 4.63. The van der Waals surface area contributed by atoms with Crippen LogP contribution in [0.1, 0.15) is 34.5 Å². The van der Waals surface area contributed by atoms with E-state index in [4.69, 9.17) is 11.6 Å². The molecule has 0 aliphatic carbocycles. The highest BCUT2D eigenvalue weighted by Crippen LogP contribution is 2.37. The molecule has 1 aliphatic heterocycles. The molecule has 6 heteroatoms. The first-order valence-corrected chi connectivity index (χ1v) is 9.72. The summed E-state index contributed by atoms with van der Waals surface area (Å²) in [7, 11) is 1.86. The van der Waals surface area contributed by atoms with E-state index in [1.165, 1.54) is 0 Å². The molecule has 0 unspecified atom stereocenters. The van der Waals surface area contributed by atoms with Crippen LogP contribution in [0.25, 0.3) is 10.9 Å². The van der Waals surface area contributed by atoms with E-state index < -0.39 is 0 Å². The highest BCUT2D eigenvalue weighted by atomic mass is 35.5. The van der Waals surface area contributed by atoms with Gasteiger partial charge in [0.1, 0.15) is 5.69 Å². The van der Waals surface area contributed by atoms with Gasteiger partial charge in [0.25, 0.3) is 5.91 Å². The van der Waals surface area contributed by atoms with Crippen molar-refractivity contribution in [3.05, 3.63) is 58.2 Å². The van der Waals surface area contributed by atoms with Gasteiger partial charge in [-0.05, 0) is 50.1 Å². The Morgan fingerprint density at radius 2 is 1.96 bits per heavy atom. The second kappa shape index (κ2) is 6.99. The minimum Gasteiger partial charge on any atom is -0.338 e. The molecule has 3 aromatic rings. The second-order valence-electron chi connectivity index (χ2n) is 7.29. The molecule has 28 heavy (non-hydrogen) atoms. The van der Waals surface area contributed by atoms with Crippen LogP contribution in [0.4, 0.5) is 11.4 Å². The van der Waals surface area contributed by atoms with E-state index in [2.05, 4.69) is 5.32 Å². The first kappa shape index (κ1) is 18.6. The first-order valence-electron chi connectivity index (χ1n) is 9.34. The Morgan fingerprint density at radius 1 is 1.18 bits per heavy atom.